The molecule has 0 aliphatic heterocycles. The number of nitrogens with zero attached hydrogens (tertiary/aromatic N) is 2. The Bertz CT molecular complexity index is 279. The fraction of sp³-hybridized carbons (Fsp3) is 0.700. The lowest BCUT2D eigenvalue weighted by molar-refractivity contribution is 0.189. The predicted molar refractivity (Wildman–Crippen MR) is 56.2 cm³/mol. The van der Waals surface area contributed by atoms with Gasteiger partial charge in [0.25, 0.3) is 6.01 Å². The third kappa shape index (κ3) is 2.48. The van der Waals surface area contributed by atoms with Crippen LogP contribution in [-0.2, 0) is 7.05 Å². The zero-order valence-electron chi connectivity index (χ0n) is 9.16. The van der Waals surface area contributed by atoms with Gasteiger partial charge in [0.05, 0.1) is 0 Å². The van der Waals surface area contributed by atoms with Crippen molar-refractivity contribution < 1.29 is 4.74 Å². The molecule has 4 nitrogen and oxygen atoms in total. The monoisotopic (exact) mass is 197 g/mol. The molecule has 0 saturated heterocycles. The Morgan fingerprint density at radius 3 is 2.57 bits per heavy atom. The van der Waals surface area contributed by atoms with Gasteiger partial charge in [0, 0.05) is 25.0 Å². The molecule has 0 aliphatic rings. The minimum atomic E-state index is -0.230. The van der Waals surface area contributed by atoms with Crippen molar-refractivity contribution in [1.29, 1.82) is 0 Å². The molecule has 0 saturated carbocycles. The molecule has 0 aromatic carbocycles. The number of imidazole rings is 1. The SMILES string of the molecule is CCC(N)(CC)COc1nccn1C. The second-order valence-corrected chi connectivity index (χ2v) is 3.68. The Kier molecular flexibility index (Phi) is 3.52. The maximum Gasteiger partial charge on any atom is 0.296 e. The van der Waals surface area contributed by atoms with Crippen LogP contribution in [0.3, 0.4) is 0 Å². The molecule has 0 unspecified atom stereocenters. The van der Waals surface area contributed by atoms with Gasteiger partial charge in [-0.3, -0.25) is 0 Å². The van der Waals surface area contributed by atoms with E-state index in [1.165, 1.54) is 0 Å². The molecule has 0 atom stereocenters. The van der Waals surface area contributed by atoms with E-state index >= 15 is 0 Å². The van der Waals surface area contributed by atoms with Gasteiger partial charge in [-0.15, -0.1) is 0 Å². The zero-order chi connectivity index (χ0) is 10.6. The van der Waals surface area contributed by atoms with Crippen LogP contribution in [0.25, 0.3) is 0 Å². The van der Waals surface area contributed by atoms with E-state index in [2.05, 4.69) is 18.8 Å². The standard InChI is InChI=1S/C10H19N3O/c1-4-10(11,5-2)8-14-9-12-6-7-13(9)3/h6-7H,4-5,8,11H2,1-3H3. The molecular weight excluding hydrogens is 178 g/mol. The van der Waals surface area contributed by atoms with Crippen molar-refractivity contribution in [2.24, 2.45) is 12.8 Å². The van der Waals surface area contributed by atoms with E-state index in [1.807, 2.05) is 17.8 Å². The predicted octanol–water partition coefficient (Wildman–Crippen LogP) is 1.32. The molecular formula is C10H19N3O. The molecule has 2 N–H and O–H groups in total. The molecule has 0 bridgehead atoms. The molecule has 1 aromatic rings. The summed E-state index contributed by atoms with van der Waals surface area (Å²) >= 11 is 0. The average molecular weight is 197 g/mol. The van der Waals surface area contributed by atoms with Crippen LogP contribution in [0.15, 0.2) is 12.4 Å². The van der Waals surface area contributed by atoms with Crippen LogP contribution < -0.4 is 10.5 Å². The molecule has 0 aliphatic carbocycles. The van der Waals surface area contributed by atoms with Crippen molar-refractivity contribution >= 4 is 0 Å². The highest BCUT2D eigenvalue weighted by atomic mass is 16.5. The Hall–Kier alpha value is -1.03. The van der Waals surface area contributed by atoms with Crippen LogP contribution in [0, 0.1) is 0 Å². The van der Waals surface area contributed by atoms with E-state index in [-0.39, 0.29) is 5.54 Å². The molecule has 4 heteroatoms. The summed E-state index contributed by atoms with van der Waals surface area (Å²) in [5.74, 6) is 0. The first-order chi connectivity index (χ1) is 6.61. The van der Waals surface area contributed by atoms with Crippen molar-refractivity contribution in [3.8, 4) is 6.01 Å². The van der Waals surface area contributed by atoms with Gasteiger partial charge >= 0.3 is 0 Å². The first kappa shape index (κ1) is 11.0. The maximum atomic E-state index is 6.10. The number of nitrogens with two attached hydrogens (primary N) is 1. The minimum absolute atomic E-state index is 0.230. The zero-order valence-corrected chi connectivity index (χ0v) is 9.16. The Balaban J connectivity index is 2.52. The number of aryl methyl sites for hydroxylation is 1. The van der Waals surface area contributed by atoms with Gasteiger partial charge in [0.1, 0.15) is 6.61 Å². The Morgan fingerprint density at radius 2 is 2.14 bits per heavy atom. The molecule has 0 amide bonds. The van der Waals surface area contributed by atoms with Gasteiger partial charge in [0.2, 0.25) is 0 Å². The maximum absolute atomic E-state index is 6.10. The highest BCUT2D eigenvalue weighted by molar-refractivity contribution is 4.98. The summed E-state index contributed by atoms with van der Waals surface area (Å²) in [5.41, 5.74) is 5.87. The van der Waals surface area contributed by atoms with Crippen molar-refractivity contribution in [1.82, 2.24) is 9.55 Å². The quantitative estimate of drug-likeness (QED) is 0.774. The third-order valence-corrected chi connectivity index (χ3v) is 2.67. The molecule has 0 fully saturated rings. The Morgan fingerprint density at radius 1 is 1.50 bits per heavy atom. The first-order valence-corrected chi connectivity index (χ1v) is 5.00. The normalized spacial score (nSPS) is 11.7. The van der Waals surface area contributed by atoms with Gasteiger partial charge < -0.3 is 15.0 Å². The minimum Gasteiger partial charge on any atom is -0.463 e. The summed E-state index contributed by atoms with van der Waals surface area (Å²) in [7, 11) is 1.90. The van der Waals surface area contributed by atoms with Gasteiger partial charge in [-0.1, -0.05) is 13.8 Å². The van der Waals surface area contributed by atoms with Crippen LogP contribution >= 0.6 is 0 Å². The van der Waals surface area contributed by atoms with Crippen LogP contribution in [-0.4, -0.2) is 21.7 Å². The summed E-state index contributed by atoms with van der Waals surface area (Å²) in [6, 6.07) is 0.627. The van der Waals surface area contributed by atoms with Gasteiger partial charge in [0.15, 0.2) is 0 Å². The fourth-order valence-electron chi connectivity index (χ4n) is 1.15. The van der Waals surface area contributed by atoms with Crippen molar-refractivity contribution in [3.05, 3.63) is 12.4 Å². The summed E-state index contributed by atoms with van der Waals surface area (Å²) in [6.07, 6.45) is 5.39. The topological polar surface area (TPSA) is 53.1 Å². The lowest BCUT2D eigenvalue weighted by Gasteiger charge is -2.25. The number of hydrogen-bond acceptors (Lipinski definition) is 3. The second kappa shape index (κ2) is 4.46. The second-order valence-electron chi connectivity index (χ2n) is 3.68. The van der Waals surface area contributed by atoms with Crippen LogP contribution in [0.4, 0.5) is 0 Å². The molecule has 1 heterocycles. The molecule has 14 heavy (non-hydrogen) atoms. The number of rotatable bonds is 5. The molecule has 1 rings (SSSR count). The van der Waals surface area contributed by atoms with E-state index in [0.29, 0.717) is 12.6 Å². The molecule has 1 aromatic heterocycles. The van der Waals surface area contributed by atoms with E-state index in [4.69, 9.17) is 10.5 Å². The highest BCUT2D eigenvalue weighted by Gasteiger charge is 2.21. The van der Waals surface area contributed by atoms with Crippen LogP contribution in [0.5, 0.6) is 6.01 Å². The van der Waals surface area contributed by atoms with E-state index in [1.54, 1.807) is 6.20 Å². The van der Waals surface area contributed by atoms with E-state index < -0.39 is 0 Å². The van der Waals surface area contributed by atoms with E-state index in [9.17, 15) is 0 Å². The largest absolute Gasteiger partial charge is 0.463 e. The van der Waals surface area contributed by atoms with Crippen LogP contribution in [0.1, 0.15) is 26.7 Å². The van der Waals surface area contributed by atoms with E-state index in [0.717, 1.165) is 12.8 Å². The number of hydrogen-bond donors (Lipinski definition) is 1. The van der Waals surface area contributed by atoms with Crippen molar-refractivity contribution in [3.63, 3.8) is 0 Å². The molecule has 0 radical (unpaired) electrons. The summed E-state index contributed by atoms with van der Waals surface area (Å²) in [5, 5.41) is 0. The Labute approximate surface area is 85.1 Å². The summed E-state index contributed by atoms with van der Waals surface area (Å²) < 4.78 is 7.39. The van der Waals surface area contributed by atoms with Crippen molar-refractivity contribution in [2.45, 2.75) is 32.2 Å². The first-order valence-electron chi connectivity index (χ1n) is 5.00. The van der Waals surface area contributed by atoms with Crippen molar-refractivity contribution in [2.75, 3.05) is 6.61 Å². The lowest BCUT2D eigenvalue weighted by Crippen LogP contribution is -2.44. The highest BCUT2D eigenvalue weighted by Crippen LogP contribution is 2.13. The molecule has 80 valence electrons. The number of aromatic nitrogens is 2. The van der Waals surface area contributed by atoms with Gasteiger partial charge in [-0.05, 0) is 12.8 Å². The van der Waals surface area contributed by atoms with Crippen LogP contribution in [0.2, 0.25) is 0 Å². The third-order valence-electron chi connectivity index (χ3n) is 2.67. The van der Waals surface area contributed by atoms with Gasteiger partial charge in [-0.25, -0.2) is 4.98 Å². The summed E-state index contributed by atoms with van der Waals surface area (Å²) in [6.45, 7) is 4.67. The lowest BCUT2D eigenvalue weighted by atomic mass is 9.96. The molecule has 0 spiro atoms. The fourth-order valence-corrected chi connectivity index (χ4v) is 1.15. The number of ether oxygens (including phenoxy) is 1. The van der Waals surface area contributed by atoms with Gasteiger partial charge in [-0.2, -0.15) is 0 Å². The summed E-state index contributed by atoms with van der Waals surface area (Å²) in [4.78, 5) is 4.07. The average Bonchev–Trinajstić information content (AvgIpc) is 2.61. The smallest absolute Gasteiger partial charge is 0.296 e.